The van der Waals surface area contributed by atoms with Crippen molar-refractivity contribution in [2.24, 2.45) is 5.73 Å². The summed E-state index contributed by atoms with van der Waals surface area (Å²) in [5, 5.41) is 9.85. The molecule has 5 rings (SSSR count). The highest BCUT2D eigenvalue weighted by molar-refractivity contribution is 5.77. The van der Waals surface area contributed by atoms with Crippen molar-refractivity contribution in [3.05, 3.63) is 131 Å². The lowest BCUT2D eigenvalue weighted by Crippen LogP contribution is -2.29. The first-order chi connectivity index (χ1) is 19.8. The largest absolute Gasteiger partial charge is 0.489 e. The van der Waals surface area contributed by atoms with Gasteiger partial charge in [-0.2, -0.15) is 5.26 Å². The van der Waals surface area contributed by atoms with Crippen molar-refractivity contribution in [3.63, 3.8) is 0 Å². The summed E-state index contributed by atoms with van der Waals surface area (Å²) in [6.45, 7) is 1.51. The highest BCUT2D eigenvalue weighted by Crippen LogP contribution is 2.43. The van der Waals surface area contributed by atoms with E-state index in [1.54, 1.807) is 60.7 Å². The van der Waals surface area contributed by atoms with E-state index in [0.717, 1.165) is 5.56 Å². The Kier molecular flexibility index (Phi) is 7.83. The van der Waals surface area contributed by atoms with Crippen LogP contribution in [0.1, 0.15) is 29.5 Å². The molecule has 0 bridgehead atoms. The molecule has 7 nitrogen and oxygen atoms in total. The summed E-state index contributed by atoms with van der Waals surface area (Å²) in [6, 6.07) is 26.0. The number of carbonyl (C=O) groups is 1. The highest BCUT2D eigenvalue weighted by Gasteiger charge is 2.31. The number of halogens is 2. The average molecular weight is 555 g/mol. The summed E-state index contributed by atoms with van der Waals surface area (Å²) in [7, 11) is 0. The second-order valence-electron chi connectivity index (χ2n) is 9.19. The van der Waals surface area contributed by atoms with Crippen LogP contribution in [0.25, 0.3) is 0 Å². The Morgan fingerprint density at radius 3 is 2.37 bits per heavy atom. The molecule has 2 atom stereocenters. The van der Waals surface area contributed by atoms with Crippen LogP contribution in [0, 0.1) is 23.0 Å². The van der Waals surface area contributed by atoms with Crippen LogP contribution in [-0.2, 0) is 11.4 Å². The van der Waals surface area contributed by atoms with Crippen molar-refractivity contribution in [2.45, 2.75) is 25.6 Å². The van der Waals surface area contributed by atoms with E-state index < -0.39 is 23.8 Å². The fourth-order valence-corrected chi connectivity index (χ4v) is 4.35. The monoisotopic (exact) mass is 554 g/mol. The third-order valence-corrected chi connectivity index (χ3v) is 6.45. The Balaban J connectivity index is 1.33. The number of para-hydroxylation sites is 1. The van der Waals surface area contributed by atoms with Gasteiger partial charge in [0, 0.05) is 17.2 Å². The Hall–Kier alpha value is -5.36. The molecule has 4 aromatic carbocycles. The van der Waals surface area contributed by atoms with Gasteiger partial charge in [-0.25, -0.2) is 13.6 Å². The highest BCUT2D eigenvalue weighted by atomic mass is 19.1. The van der Waals surface area contributed by atoms with Crippen molar-refractivity contribution in [1.82, 2.24) is 0 Å². The Morgan fingerprint density at radius 2 is 1.66 bits per heavy atom. The van der Waals surface area contributed by atoms with E-state index in [1.165, 1.54) is 37.3 Å². The number of nitrogens with two attached hydrogens (primary N) is 1. The van der Waals surface area contributed by atoms with Gasteiger partial charge in [0.1, 0.15) is 41.3 Å². The van der Waals surface area contributed by atoms with E-state index in [9.17, 15) is 18.8 Å². The van der Waals surface area contributed by atoms with Crippen molar-refractivity contribution in [3.8, 4) is 29.1 Å². The molecule has 4 aromatic rings. The lowest BCUT2D eigenvalue weighted by Gasteiger charge is -2.27. The SMILES string of the molecule is CC(Oc1ccccc1F)C(=O)Oc1ccc2c(c1)OC(N)=C(C#N)C2c1ccc(OCc2ccccc2F)cc1. The summed E-state index contributed by atoms with van der Waals surface area (Å²) in [6.07, 6.45) is -1.09. The molecule has 2 N–H and O–H groups in total. The average Bonchev–Trinajstić information content (AvgIpc) is 2.97. The number of carbonyl (C=O) groups excluding carboxylic acids is 1. The van der Waals surface area contributed by atoms with E-state index in [-0.39, 0.29) is 35.4 Å². The summed E-state index contributed by atoms with van der Waals surface area (Å²) < 4.78 is 50.1. The van der Waals surface area contributed by atoms with Crippen LogP contribution < -0.4 is 24.7 Å². The number of nitriles is 1. The van der Waals surface area contributed by atoms with Gasteiger partial charge in [-0.1, -0.05) is 48.5 Å². The minimum atomic E-state index is -1.09. The number of esters is 1. The van der Waals surface area contributed by atoms with E-state index in [1.807, 2.05) is 0 Å². The predicted octanol–water partition coefficient (Wildman–Crippen LogP) is 6.13. The van der Waals surface area contributed by atoms with E-state index >= 15 is 0 Å². The maximum atomic E-state index is 13.9. The van der Waals surface area contributed by atoms with E-state index in [0.29, 0.717) is 22.6 Å². The standard InChI is InChI=1S/C32H24F2N2O5/c1-19(39-28-9-5-4-8-27(28)34)32(37)40-23-14-15-24-29(16-23)41-31(36)25(17-35)30(24)20-10-12-22(13-11-20)38-18-21-6-2-3-7-26(21)33/h2-16,19,30H,18,36H2,1H3. The summed E-state index contributed by atoms with van der Waals surface area (Å²) in [4.78, 5) is 12.6. The van der Waals surface area contributed by atoms with Gasteiger partial charge < -0.3 is 24.7 Å². The zero-order chi connectivity index (χ0) is 28.9. The van der Waals surface area contributed by atoms with Gasteiger partial charge in [0.2, 0.25) is 5.88 Å². The number of fused-ring (bicyclic) bond motifs is 1. The smallest absolute Gasteiger partial charge is 0.352 e. The maximum Gasteiger partial charge on any atom is 0.352 e. The third kappa shape index (κ3) is 5.97. The Morgan fingerprint density at radius 1 is 0.976 bits per heavy atom. The van der Waals surface area contributed by atoms with Gasteiger partial charge in [0.05, 0.1) is 5.92 Å². The molecule has 206 valence electrons. The van der Waals surface area contributed by atoms with Crippen LogP contribution in [0.3, 0.4) is 0 Å². The third-order valence-electron chi connectivity index (χ3n) is 6.45. The zero-order valence-corrected chi connectivity index (χ0v) is 21.8. The summed E-state index contributed by atoms with van der Waals surface area (Å²) >= 11 is 0. The Labute approximate surface area is 235 Å². The molecule has 0 aromatic heterocycles. The van der Waals surface area contributed by atoms with Gasteiger partial charge in [-0.15, -0.1) is 0 Å². The van der Waals surface area contributed by atoms with Crippen LogP contribution in [0.15, 0.2) is 102 Å². The van der Waals surface area contributed by atoms with E-state index in [2.05, 4.69) is 6.07 Å². The van der Waals surface area contributed by atoms with Gasteiger partial charge >= 0.3 is 5.97 Å². The zero-order valence-electron chi connectivity index (χ0n) is 21.8. The molecule has 1 aliphatic heterocycles. The molecule has 0 aliphatic carbocycles. The molecule has 0 radical (unpaired) electrons. The quantitative estimate of drug-likeness (QED) is 0.206. The number of hydrogen-bond donors (Lipinski definition) is 1. The molecule has 9 heteroatoms. The number of nitrogens with zero attached hydrogens (tertiary/aromatic N) is 1. The molecule has 2 unspecified atom stereocenters. The maximum absolute atomic E-state index is 13.9. The van der Waals surface area contributed by atoms with Crippen molar-refractivity contribution in [2.75, 3.05) is 0 Å². The lowest BCUT2D eigenvalue weighted by molar-refractivity contribution is -0.141. The fourth-order valence-electron chi connectivity index (χ4n) is 4.35. The number of allylic oxidation sites excluding steroid dienone is 1. The first-order valence-electron chi connectivity index (χ1n) is 12.6. The van der Waals surface area contributed by atoms with Crippen LogP contribution in [0.2, 0.25) is 0 Å². The molecule has 41 heavy (non-hydrogen) atoms. The van der Waals surface area contributed by atoms with Crippen molar-refractivity contribution >= 4 is 5.97 Å². The molecule has 0 saturated heterocycles. The topological polar surface area (TPSA) is 104 Å². The molecule has 0 spiro atoms. The molecule has 0 fully saturated rings. The normalized spacial score (nSPS) is 14.7. The first-order valence-corrected chi connectivity index (χ1v) is 12.6. The van der Waals surface area contributed by atoms with Crippen LogP contribution >= 0.6 is 0 Å². The number of benzene rings is 4. The molecule has 1 aliphatic rings. The minimum absolute atomic E-state index is 0.0634. The summed E-state index contributed by atoms with van der Waals surface area (Å²) in [5.41, 5.74) is 8.12. The fraction of sp³-hybridized carbons (Fsp3) is 0.125. The van der Waals surface area contributed by atoms with Crippen LogP contribution in [-0.4, -0.2) is 12.1 Å². The van der Waals surface area contributed by atoms with Crippen molar-refractivity contribution in [1.29, 1.82) is 5.26 Å². The van der Waals surface area contributed by atoms with Gasteiger partial charge in [-0.3, -0.25) is 0 Å². The van der Waals surface area contributed by atoms with E-state index in [4.69, 9.17) is 24.7 Å². The summed E-state index contributed by atoms with van der Waals surface area (Å²) in [5.74, 6) is -1.41. The number of ether oxygens (including phenoxy) is 4. The lowest BCUT2D eigenvalue weighted by atomic mass is 9.83. The van der Waals surface area contributed by atoms with Crippen molar-refractivity contribution < 1.29 is 32.5 Å². The second-order valence-corrected chi connectivity index (χ2v) is 9.19. The van der Waals surface area contributed by atoms with Gasteiger partial charge in [0.25, 0.3) is 0 Å². The number of rotatable bonds is 8. The van der Waals surface area contributed by atoms with Gasteiger partial charge in [0.15, 0.2) is 17.7 Å². The number of hydrogen-bond acceptors (Lipinski definition) is 7. The first kappa shape index (κ1) is 27.2. The predicted molar refractivity (Wildman–Crippen MR) is 145 cm³/mol. The molecular formula is C32H24F2N2O5. The van der Waals surface area contributed by atoms with Gasteiger partial charge in [-0.05, 0) is 48.9 Å². The molecular weight excluding hydrogens is 530 g/mol. The minimum Gasteiger partial charge on any atom is -0.489 e. The molecule has 0 amide bonds. The van der Waals surface area contributed by atoms with Crippen LogP contribution in [0.4, 0.5) is 8.78 Å². The Bertz CT molecular complexity index is 1660. The molecule has 0 saturated carbocycles. The van der Waals surface area contributed by atoms with Crippen LogP contribution in [0.5, 0.6) is 23.0 Å². The molecule has 1 heterocycles. The second kappa shape index (κ2) is 11.8.